The largest absolute Gasteiger partial charge is 0.453 e. The van der Waals surface area contributed by atoms with Gasteiger partial charge in [0.2, 0.25) is 12.1 Å². The fourth-order valence-electron chi connectivity index (χ4n) is 5.93. The van der Waals surface area contributed by atoms with Crippen LogP contribution in [0.4, 0.5) is 4.79 Å². The molecule has 1 aliphatic carbocycles. The highest BCUT2D eigenvalue weighted by Crippen LogP contribution is 2.45. The number of aromatic amines is 2. The van der Waals surface area contributed by atoms with E-state index in [0.717, 1.165) is 76.9 Å². The molecule has 2 aromatic carbocycles. The molecular weight excluding hydrogens is 687 g/mol. The van der Waals surface area contributed by atoms with E-state index in [1.165, 1.54) is 18.4 Å². The lowest BCUT2D eigenvalue weighted by molar-refractivity contribution is -0.455. The number of amides is 3. The second kappa shape index (κ2) is 16.9. The van der Waals surface area contributed by atoms with Gasteiger partial charge in [0.05, 0.1) is 36.5 Å². The van der Waals surface area contributed by atoms with Crippen molar-refractivity contribution < 1.29 is 23.7 Å². The highest BCUT2D eigenvalue weighted by molar-refractivity contribution is 7.08. The van der Waals surface area contributed by atoms with Crippen molar-refractivity contribution in [3.63, 3.8) is 0 Å². The van der Waals surface area contributed by atoms with Crippen molar-refractivity contribution in [2.75, 3.05) is 20.2 Å². The number of hydrogen-bond acceptors (Lipinski definition) is 7. The minimum Gasteiger partial charge on any atom is -0.453 e. The first kappa shape index (κ1) is 37.2. The molecule has 1 atom stereocenters. The number of benzene rings is 2. The third kappa shape index (κ3) is 10.3. The Kier molecular flexibility index (Phi) is 11.8. The maximum Gasteiger partial charge on any atom is 0.407 e. The van der Waals surface area contributed by atoms with Crippen molar-refractivity contribution in [3.05, 3.63) is 93.8 Å². The predicted molar refractivity (Wildman–Crippen MR) is 207 cm³/mol. The van der Waals surface area contributed by atoms with E-state index in [4.69, 9.17) is 4.98 Å². The number of H-pyrrole nitrogens is 2. The van der Waals surface area contributed by atoms with Gasteiger partial charge < -0.3 is 25.3 Å². The zero-order chi connectivity index (χ0) is 37.4. The van der Waals surface area contributed by atoms with E-state index >= 15 is 0 Å². The van der Waals surface area contributed by atoms with E-state index in [1.807, 2.05) is 76.3 Å². The number of aromatic nitrogens is 4. The molecule has 53 heavy (non-hydrogen) atoms. The number of thiophene rings is 1. The number of hydrogen-bond donors (Lipinski definition) is 4. The lowest BCUT2D eigenvalue weighted by Gasteiger charge is -2.16. The molecule has 1 aliphatic rings. The van der Waals surface area contributed by atoms with Crippen LogP contribution in [0.2, 0.25) is 0 Å². The Morgan fingerprint density at radius 2 is 1.83 bits per heavy atom. The van der Waals surface area contributed by atoms with Gasteiger partial charge in [0.1, 0.15) is 11.9 Å². The van der Waals surface area contributed by atoms with Crippen LogP contribution in [0, 0.1) is 23.2 Å². The average molecular weight is 733 g/mol. The lowest BCUT2D eigenvalue weighted by atomic mass is 10.1. The highest BCUT2D eigenvalue weighted by Gasteiger charge is 2.43. The number of fused-ring (bicyclic) bond motifs is 1. The SMILES string of the molecule is COC(=O)NC(C(=O)NCCCCc1ncc(-c2ccc(C#Cc3ccc4nc(C=[N+](CC5(C)CC5)C(=O)CC(C)C)[nH]c4c3)cc2)[nH]1)c1ccsc1. The van der Waals surface area contributed by atoms with Gasteiger partial charge in [0.25, 0.3) is 0 Å². The Morgan fingerprint density at radius 1 is 1.06 bits per heavy atom. The Hall–Kier alpha value is -5.54. The summed E-state index contributed by atoms with van der Waals surface area (Å²) in [5, 5.41) is 9.19. The molecule has 0 saturated heterocycles. The fraction of sp³-hybridized carbons (Fsp3) is 0.366. The van der Waals surface area contributed by atoms with E-state index in [9.17, 15) is 14.4 Å². The van der Waals surface area contributed by atoms with Crippen LogP contribution in [0.3, 0.4) is 0 Å². The van der Waals surface area contributed by atoms with Gasteiger partial charge in [-0.2, -0.15) is 15.9 Å². The van der Waals surface area contributed by atoms with Gasteiger partial charge in [0.15, 0.2) is 12.4 Å². The normalized spacial score (nSPS) is 14.0. The van der Waals surface area contributed by atoms with Crippen LogP contribution >= 0.6 is 11.3 Å². The number of nitrogens with zero attached hydrogens (tertiary/aromatic N) is 3. The Balaban J connectivity index is 1.01. The molecule has 0 spiro atoms. The number of unbranched alkanes of at least 4 members (excludes halogenated alkanes) is 1. The van der Waals surface area contributed by atoms with Gasteiger partial charge in [-0.05, 0) is 89.9 Å². The highest BCUT2D eigenvalue weighted by atomic mass is 32.1. The first-order valence-electron chi connectivity index (χ1n) is 18.0. The summed E-state index contributed by atoms with van der Waals surface area (Å²) < 4.78 is 6.52. The first-order valence-corrected chi connectivity index (χ1v) is 19.0. The summed E-state index contributed by atoms with van der Waals surface area (Å²) in [7, 11) is 1.27. The Morgan fingerprint density at radius 3 is 2.55 bits per heavy atom. The maximum absolute atomic E-state index is 13.0. The molecule has 0 radical (unpaired) electrons. The van der Waals surface area contributed by atoms with Gasteiger partial charge in [-0.1, -0.05) is 44.7 Å². The average Bonchev–Trinajstić information content (AvgIpc) is 3.57. The molecule has 1 saturated carbocycles. The van der Waals surface area contributed by atoms with E-state index in [1.54, 1.807) is 0 Å². The summed E-state index contributed by atoms with van der Waals surface area (Å²) in [6.45, 7) is 7.56. The maximum atomic E-state index is 13.0. The molecule has 11 nitrogen and oxygen atoms in total. The molecule has 6 rings (SSSR count). The summed E-state index contributed by atoms with van der Waals surface area (Å²) >= 11 is 1.46. The van der Waals surface area contributed by atoms with Crippen LogP contribution in [0.15, 0.2) is 65.5 Å². The van der Waals surface area contributed by atoms with Gasteiger partial charge in [-0.25, -0.2) is 19.6 Å². The van der Waals surface area contributed by atoms with Crippen LogP contribution < -0.4 is 10.6 Å². The predicted octanol–water partition coefficient (Wildman–Crippen LogP) is 6.75. The van der Waals surface area contributed by atoms with Crippen molar-refractivity contribution in [1.82, 2.24) is 30.6 Å². The van der Waals surface area contributed by atoms with E-state index < -0.39 is 12.1 Å². The summed E-state index contributed by atoms with van der Waals surface area (Å²) in [6, 6.07) is 15.0. The summed E-state index contributed by atoms with van der Waals surface area (Å²) in [4.78, 5) is 53.6. The number of aryl methyl sites for hydroxylation is 1. The molecule has 3 amide bonds. The van der Waals surface area contributed by atoms with E-state index in [2.05, 4.69) is 62.9 Å². The monoisotopic (exact) mass is 732 g/mol. The third-order valence-electron chi connectivity index (χ3n) is 9.24. The van der Waals surface area contributed by atoms with Gasteiger partial charge in [0, 0.05) is 29.5 Å². The molecule has 12 heteroatoms. The number of methoxy groups -OCH3 is 1. The molecule has 4 N–H and O–H groups in total. The molecule has 0 aliphatic heterocycles. The van der Waals surface area contributed by atoms with Crippen LogP contribution in [0.1, 0.15) is 87.3 Å². The van der Waals surface area contributed by atoms with Crippen molar-refractivity contribution in [2.24, 2.45) is 11.3 Å². The fourth-order valence-corrected chi connectivity index (χ4v) is 6.62. The summed E-state index contributed by atoms with van der Waals surface area (Å²) in [5.41, 5.74) is 6.33. The van der Waals surface area contributed by atoms with Gasteiger partial charge in [-0.15, -0.1) is 0 Å². The molecule has 0 bridgehead atoms. The lowest BCUT2D eigenvalue weighted by Crippen LogP contribution is -2.40. The van der Waals surface area contributed by atoms with Crippen molar-refractivity contribution >= 4 is 46.5 Å². The van der Waals surface area contributed by atoms with Gasteiger partial charge >= 0.3 is 12.0 Å². The topological polar surface area (TPSA) is 145 Å². The molecule has 1 fully saturated rings. The number of ether oxygens (including phenoxy) is 1. The quantitative estimate of drug-likeness (QED) is 0.0430. The van der Waals surface area contributed by atoms with Crippen LogP contribution in [0.25, 0.3) is 22.3 Å². The molecular formula is C41H46N7O4S+. The van der Waals surface area contributed by atoms with Crippen molar-refractivity contribution in [1.29, 1.82) is 0 Å². The zero-order valence-electron chi connectivity index (χ0n) is 30.6. The smallest absolute Gasteiger partial charge is 0.407 e. The third-order valence-corrected chi connectivity index (χ3v) is 9.94. The number of alkyl carbamates (subject to hydrolysis) is 1. The van der Waals surface area contributed by atoms with Crippen LogP contribution in [-0.4, -0.2) is 68.8 Å². The van der Waals surface area contributed by atoms with Crippen LogP contribution in [0.5, 0.6) is 0 Å². The number of imidazole rings is 2. The van der Waals surface area contributed by atoms with Crippen molar-refractivity contribution in [2.45, 2.75) is 65.3 Å². The molecule has 1 unspecified atom stereocenters. The molecule has 274 valence electrons. The molecule has 5 aromatic rings. The van der Waals surface area contributed by atoms with Crippen LogP contribution in [-0.2, 0) is 20.7 Å². The summed E-state index contributed by atoms with van der Waals surface area (Å²) in [5.74, 6) is 8.22. The Bertz CT molecular complexity index is 2150. The zero-order valence-corrected chi connectivity index (χ0v) is 31.4. The van der Waals surface area contributed by atoms with Gasteiger partial charge in [-0.3, -0.25) is 4.79 Å². The minimum atomic E-state index is -0.798. The Labute approximate surface area is 313 Å². The van der Waals surface area contributed by atoms with E-state index in [0.29, 0.717) is 31.3 Å². The molecule has 3 heterocycles. The molecule has 3 aromatic heterocycles. The number of carbonyl (C=O) groups is 3. The van der Waals surface area contributed by atoms with Crippen molar-refractivity contribution in [3.8, 4) is 23.1 Å². The number of rotatable bonds is 14. The van der Waals surface area contributed by atoms with E-state index in [-0.39, 0.29) is 17.2 Å². The number of carbonyl (C=O) groups excluding carboxylic acids is 3. The number of nitrogens with one attached hydrogen (secondary N) is 4. The summed E-state index contributed by atoms with van der Waals surface area (Å²) in [6.07, 6.45) is 8.17. The second-order valence-corrected chi connectivity index (χ2v) is 15.1. The standard InChI is InChI=1S/C41H45N7O4S/c1-27(2)21-37(49)48(26-41(3)17-18-41)24-36-44-32-15-12-29(22-33(32)45-36)9-8-28-10-13-30(14-11-28)34-23-43-35(46-34)7-5-6-19-42-39(50)38(47-40(51)52-4)31-16-20-53-25-31/h10-16,20,22-25,27,38H,5-7,17-19,21,26H2,1-4H3,(H3,42,43,45,46,47,50,51)/p+1. The first-order chi connectivity index (χ1) is 25.6. The minimum absolute atomic E-state index is 0.131. The second-order valence-electron chi connectivity index (χ2n) is 14.4.